The third-order valence-corrected chi connectivity index (χ3v) is 2.66. The third kappa shape index (κ3) is 4.48. The summed E-state index contributed by atoms with van der Waals surface area (Å²) in [6, 6.07) is 5.44. The number of hydrogen-bond donors (Lipinski definition) is 2. The number of rotatable bonds is 4. The van der Waals surface area contributed by atoms with Crippen LogP contribution in [0.2, 0.25) is 0 Å². The molecule has 17 heavy (non-hydrogen) atoms. The summed E-state index contributed by atoms with van der Waals surface area (Å²) in [5.74, 6) is 0.249. The van der Waals surface area contributed by atoms with Gasteiger partial charge < -0.3 is 10.6 Å². The second-order valence-electron chi connectivity index (χ2n) is 3.69. The number of carbonyl (C=O) groups excluding carboxylic acids is 2. The summed E-state index contributed by atoms with van der Waals surface area (Å²) in [4.78, 5) is 22.4. The fraction of sp³-hybridized carbons (Fsp3) is 0.333. The zero-order valence-corrected chi connectivity index (χ0v) is 11.0. The van der Waals surface area contributed by atoms with Crippen LogP contribution < -0.4 is 10.6 Å². The summed E-state index contributed by atoms with van der Waals surface area (Å²) in [6.07, 6.45) is 1.87. The predicted octanol–water partition coefficient (Wildman–Crippen LogP) is 2.25. The van der Waals surface area contributed by atoms with Crippen LogP contribution in [-0.4, -0.2) is 23.8 Å². The molecule has 0 atom stereocenters. The van der Waals surface area contributed by atoms with Crippen molar-refractivity contribution in [1.82, 2.24) is 0 Å². The molecule has 1 aromatic carbocycles. The van der Waals surface area contributed by atoms with Gasteiger partial charge in [0.2, 0.25) is 11.8 Å². The second-order valence-corrected chi connectivity index (χ2v) is 4.56. The first-order valence-electron chi connectivity index (χ1n) is 5.20. The Balaban J connectivity index is 2.81. The summed E-state index contributed by atoms with van der Waals surface area (Å²) in [7, 11) is 0. The first-order valence-corrected chi connectivity index (χ1v) is 6.59. The van der Waals surface area contributed by atoms with E-state index in [0.717, 1.165) is 11.3 Å². The van der Waals surface area contributed by atoms with Crippen LogP contribution in [0.15, 0.2) is 18.2 Å². The average molecular weight is 252 g/mol. The highest BCUT2D eigenvalue weighted by Gasteiger charge is 2.05. The maximum atomic E-state index is 11.4. The van der Waals surface area contributed by atoms with E-state index in [9.17, 15) is 9.59 Å². The summed E-state index contributed by atoms with van der Waals surface area (Å²) < 4.78 is 0. The summed E-state index contributed by atoms with van der Waals surface area (Å²) in [6.45, 7) is 3.36. The molecule has 2 amide bonds. The van der Waals surface area contributed by atoms with Crippen LogP contribution in [-0.2, 0) is 9.59 Å². The van der Waals surface area contributed by atoms with Gasteiger partial charge in [0.25, 0.3) is 0 Å². The van der Waals surface area contributed by atoms with Crippen LogP contribution in [0.1, 0.15) is 12.5 Å². The van der Waals surface area contributed by atoms with Gasteiger partial charge >= 0.3 is 0 Å². The topological polar surface area (TPSA) is 58.2 Å². The Hall–Kier alpha value is -1.49. The summed E-state index contributed by atoms with van der Waals surface area (Å²) in [5.41, 5.74) is 2.38. The zero-order chi connectivity index (χ0) is 12.8. The van der Waals surface area contributed by atoms with Gasteiger partial charge in [0.1, 0.15) is 0 Å². The van der Waals surface area contributed by atoms with Gasteiger partial charge in [-0.05, 0) is 30.9 Å². The van der Waals surface area contributed by atoms with E-state index < -0.39 is 0 Å². The lowest BCUT2D eigenvalue weighted by molar-refractivity contribution is -0.114. The molecule has 0 radical (unpaired) electrons. The number of aryl methyl sites for hydroxylation is 1. The maximum absolute atomic E-state index is 11.4. The van der Waals surface area contributed by atoms with Gasteiger partial charge in [-0.1, -0.05) is 6.07 Å². The molecule has 2 N–H and O–H groups in total. The summed E-state index contributed by atoms with van der Waals surface area (Å²) >= 11 is 1.47. The Labute approximate surface area is 105 Å². The van der Waals surface area contributed by atoms with Gasteiger partial charge in [-0.15, -0.1) is 0 Å². The highest BCUT2D eigenvalue weighted by molar-refractivity contribution is 7.99. The smallest absolute Gasteiger partial charge is 0.234 e. The van der Waals surface area contributed by atoms with Crippen LogP contribution in [0.25, 0.3) is 0 Å². The van der Waals surface area contributed by atoms with Crippen molar-refractivity contribution in [3.05, 3.63) is 23.8 Å². The normalized spacial score (nSPS) is 9.82. The van der Waals surface area contributed by atoms with E-state index in [1.54, 1.807) is 6.07 Å². The van der Waals surface area contributed by atoms with Crippen LogP contribution in [0, 0.1) is 6.92 Å². The number of benzene rings is 1. The number of amides is 2. The van der Waals surface area contributed by atoms with E-state index in [1.165, 1.54) is 18.7 Å². The molecule has 1 rings (SSSR count). The molecule has 92 valence electrons. The van der Waals surface area contributed by atoms with Gasteiger partial charge in [-0.2, -0.15) is 11.8 Å². The summed E-state index contributed by atoms with van der Waals surface area (Å²) in [5, 5.41) is 5.50. The lowest BCUT2D eigenvalue weighted by Gasteiger charge is -2.10. The first kappa shape index (κ1) is 13.6. The van der Waals surface area contributed by atoms with Crippen molar-refractivity contribution in [3.8, 4) is 0 Å². The quantitative estimate of drug-likeness (QED) is 0.864. The Bertz CT molecular complexity index is 433. The second kappa shape index (κ2) is 6.30. The molecule has 5 heteroatoms. The fourth-order valence-electron chi connectivity index (χ4n) is 1.35. The molecular formula is C12H16N2O2S. The van der Waals surface area contributed by atoms with Gasteiger partial charge in [-0.25, -0.2) is 0 Å². The molecule has 0 aliphatic heterocycles. The minimum atomic E-state index is -0.124. The minimum absolute atomic E-state index is 0.0462. The molecule has 0 saturated heterocycles. The number of hydrogen-bond acceptors (Lipinski definition) is 3. The van der Waals surface area contributed by atoms with Crippen molar-refractivity contribution in [3.63, 3.8) is 0 Å². The molecule has 0 aliphatic carbocycles. The average Bonchev–Trinajstić information content (AvgIpc) is 2.22. The number of anilines is 2. The number of thioether (sulfide) groups is 1. The lowest BCUT2D eigenvalue weighted by Crippen LogP contribution is -2.14. The van der Waals surface area contributed by atoms with Crippen molar-refractivity contribution < 1.29 is 9.59 Å². The van der Waals surface area contributed by atoms with Gasteiger partial charge in [0.15, 0.2) is 0 Å². The molecule has 0 unspecified atom stereocenters. The molecule has 1 aromatic rings. The standard InChI is InChI=1S/C12H16N2O2S/c1-8-4-5-10(14-12(16)7-17-3)6-11(8)13-9(2)15/h4-6H,7H2,1-3H3,(H,13,15)(H,14,16). The molecule has 0 saturated carbocycles. The number of carbonyl (C=O) groups is 2. The van der Waals surface area contributed by atoms with Crippen molar-refractivity contribution >= 4 is 35.0 Å². The first-order chi connectivity index (χ1) is 8.02. The molecule has 0 fully saturated rings. The maximum Gasteiger partial charge on any atom is 0.234 e. The molecule has 4 nitrogen and oxygen atoms in total. The third-order valence-electron chi connectivity index (χ3n) is 2.11. The van der Waals surface area contributed by atoms with E-state index in [0.29, 0.717) is 11.4 Å². The van der Waals surface area contributed by atoms with Crippen molar-refractivity contribution in [2.45, 2.75) is 13.8 Å². The molecular weight excluding hydrogens is 236 g/mol. The molecule has 0 bridgehead atoms. The predicted molar refractivity (Wildman–Crippen MR) is 72.5 cm³/mol. The van der Waals surface area contributed by atoms with Crippen molar-refractivity contribution in [2.24, 2.45) is 0 Å². The largest absolute Gasteiger partial charge is 0.326 e. The van der Waals surface area contributed by atoms with Gasteiger partial charge in [0, 0.05) is 18.3 Å². The lowest BCUT2D eigenvalue weighted by atomic mass is 10.2. The fourth-order valence-corrected chi connectivity index (χ4v) is 1.69. The minimum Gasteiger partial charge on any atom is -0.326 e. The highest BCUT2D eigenvalue weighted by atomic mass is 32.2. The zero-order valence-electron chi connectivity index (χ0n) is 10.2. The van der Waals surface area contributed by atoms with Crippen molar-refractivity contribution in [1.29, 1.82) is 0 Å². The molecule has 0 aromatic heterocycles. The molecule has 0 heterocycles. The van der Waals surface area contributed by atoms with E-state index in [-0.39, 0.29) is 11.8 Å². The van der Waals surface area contributed by atoms with Crippen LogP contribution in [0.3, 0.4) is 0 Å². The monoisotopic (exact) mass is 252 g/mol. The Morgan fingerprint density at radius 3 is 2.59 bits per heavy atom. The van der Waals surface area contributed by atoms with E-state index in [4.69, 9.17) is 0 Å². The Kier molecular flexibility index (Phi) is 5.03. The van der Waals surface area contributed by atoms with Crippen LogP contribution >= 0.6 is 11.8 Å². The van der Waals surface area contributed by atoms with Crippen molar-refractivity contribution in [2.75, 3.05) is 22.6 Å². The van der Waals surface area contributed by atoms with E-state index >= 15 is 0 Å². The number of nitrogens with one attached hydrogen (secondary N) is 2. The van der Waals surface area contributed by atoms with E-state index in [2.05, 4.69) is 10.6 Å². The van der Waals surface area contributed by atoms with E-state index in [1.807, 2.05) is 25.3 Å². The Morgan fingerprint density at radius 1 is 1.29 bits per heavy atom. The molecule has 0 aliphatic rings. The van der Waals surface area contributed by atoms with Crippen LogP contribution in [0.4, 0.5) is 11.4 Å². The van der Waals surface area contributed by atoms with Gasteiger partial charge in [-0.3, -0.25) is 9.59 Å². The molecule has 0 spiro atoms. The Morgan fingerprint density at radius 2 is 2.00 bits per heavy atom. The highest BCUT2D eigenvalue weighted by Crippen LogP contribution is 2.20. The van der Waals surface area contributed by atoms with Crippen LogP contribution in [0.5, 0.6) is 0 Å². The van der Waals surface area contributed by atoms with Gasteiger partial charge in [0.05, 0.1) is 5.75 Å². The SMILES string of the molecule is CSCC(=O)Nc1ccc(C)c(NC(C)=O)c1.